The molecule has 6 rings (SSSR count). The maximum atomic E-state index is 13.3. The smallest absolute Gasteiger partial charge is 0.320 e. The minimum absolute atomic E-state index is 0.0395. The van der Waals surface area contributed by atoms with Crippen LogP contribution in [0.3, 0.4) is 0 Å². The summed E-state index contributed by atoms with van der Waals surface area (Å²) in [6.07, 6.45) is 6.18. The van der Waals surface area contributed by atoms with Crippen molar-refractivity contribution in [1.29, 1.82) is 0 Å². The Labute approximate surface area is 211 Å². The van der Waals surface area contributed by atoms with E-state index in [-0.39, 0.29) is 24.0 Å². The second-order valence-corrected chi connectivity index (χ2v) is 9.85. The van der Waals surface area contributed by atoms with Crippen molar-refractivity contribution in [3.05, 3.63) is 70.4 Å². The molecule has 0 aliphatic carbocycles. The standard InChI is InChI=1S/C25H27FN8O3/c1-30-21-14-32(9-6-17(21)12-28-30)24(36)31-10-7-25(37,8-11-31)15-33-16-27-22-20(23(33)35)13-29-34(22)19-4-2-18(26)3-5-19/h2-5,12-13,16,37H,6-11,14-15H2,1H3. The third kappa shape index (κ3) is 4.16. The maximum absolute atomic E-state index is 13.3. The highest BCUT2D eigenvalue weighted by molar-refractivity contribution is 5.75. The zero-order chi connectivity index (χ0) is 25.7. The lowest BCUT2D eigenvalue weighted by Gasteiger charge is -2.40. The Morgan fingerprint density at radius 2 is 1.84 bits per heavy atom. The minimum Gasteiger partial charge on any atom is -0.388 e. The van der Waals surface area contributed by atoms with Gasteiger partial charge in [0, 0.05) is 26.7 Å². The first-order valence-corrected chi connectivity index (χ1v) is 12.3. The van der Waals surface area contributed by atoms with Crippen LogP contribution in [0.1, 0.15) is 24.1 Å². The molecule has 0 spiro atoms. The van der Waals surface area contributed by atoms with E-state index in [0.717, 1.165) is 12.1 Å². The van der Waals surface area contributed by atoms with E-state index >= 15 is 0 Å². The fraction of sp³-hybridized carbons (Fsp3) is 0.400. The Morgan fingerprint density at radius 3 is 2.59 bits per heavy atom. The lowest BCUT2D eigenvalue weighted by molar-refractivity contribution is -0.0294. The Bertz CT molecular complexity index is 1530. The Morgan fingerprint density at radius 1 is 1.08 bits per heavy atom. The maximum Gasteiger partial charge on any atom is 0.320 e. The number of carbonyl (C=O) groups is 1. The molecule has 192 valence electrons. The van der Waals surface area contributed by atoms with Crippen LogP contribution in [0.5, 0.6) is 0 Å². The number of urea groups is 1. The van der Waals surface area contributed by atoms with E-state index in [9.17, 15) is 19.1 Å². The second kappa shape index (κ2) is 8.80. The Kier molecular flexibility index (Phi) is 5.55. The van der Waals surface area contributed by atoms with Gasteiger partial charge in [0.25, 0.3) is 5.56 Å². The molecule has 1 fully saturated rings. The lowest BCUT2D eigenvalue weighted by Crippen LogP contribution is -2.53. The largest absolute Gasteiger partial charge is 0.388 e. The van der Waals surface area contributed by atoms with Crippen LogP contribution in [-0.2, 0) is 26.6 Å². The first-order valence-electron chi connectivity index (χ1n) is 12.3. The van der Waals surface area contributed by atoms with Crippen molar-refractivity contribution >= 4 is 17.1 Å². The number of aromatic nitrogens is 6. The molecule has 0 atom stereocenters. The summed E-state index contributed by atoms with van der Waals surface area (Å²) in [4.78, 5) is 34.3. The van der Waals surface area contributed by atoms with Gasteiger partial charge in [0.05, 0.1) is 42.5 Å². The number of carbonyl (C=O) groups excluding carboxylic acids is 1. The number of rotatable bonds is 3. The molecule has 2 amide bonds. The minimum atomic E-state index is -1.14. The van der Waals surface area contributed by atoms with Crippen LogP contribution in [0.2, 0.25) is 0 Å². The van der Waals surface area contributed by atoms with Crippen molar-refractivity contribution in [2.75, 3.05) is 19.6 Å². The second-order valence-electron chi connectivity index (χ2n) is 9.85. The number of hydrogen-bond acceptors (Lipinski definition) is 6. The third-order valence-corrected chi connectivity index (χ3v) is 7.47. The van der Waals surface area contributed by atoms with E-state index in [1.807, 2.05) is 22.8 Å². The van der Waals surface area contributed by atoms with Gasteiger partial charge in [-0.15, -0.1) is 0 Å². The molecule has 0 radical (unpaired) electrons. The number of aryl methyl sites for hydroxylation is 1. The van der Waals surface area contributed by atoms with Crippen LogP contribution >= 0.6 is 0 Å². The molecular formula is C25H27FN8O3. The first-order chi connectivity index (χ1) is 17.8. The highest BCUT2D eigenvalue weighted by Crippen LogP contribution is 2.26. The molecule has 0 unspecified atom stereocenters. The van der Waals surface area contributed by atoms with Crippen LogP contribution in [0.4, 0.5) is 9.18 Å². The molecule has 2 aliphatic heterocycles. The summed E-state index contributed by atoms with van der Waals surface area (Å²) in [6, 6.07) is 5.72. The summed E-state index contributed by atoms with van der Waals surface area (Å²) in [6.45, 7) is 2.04. The fourth-order valence-corrected chi connectivity index (χ4v) is 5.22. The molecule has 1 N–H and O–H groups in total. The molecule has 0 bridgehead atoms. The number of halogens is 1. The van der Waals surface area contributed by atoms with Crippen molar-refractivity contribution in [1.82, 2.24) is 38.9 Å². The lowest BCUT2D eigenvalue weighted by atomic mass is 9.91. The first kappa shape index (κ1) is 23.3. The van der Waals surface area contributed by atoms with Crippen molar-refractivity contribution in [2.24, 2.45) is 7.05 Å². The van der Waals surface area contributed by atoms with Gasteiger partial charge in [-0.25, -0.2) is 18.9 Å². The molecule has 3 aromatic heterocycles. The summed E-state index contributed by atoms with van der Waals surface area (Å²) >= 11 is 0. The average molecular weight is 507 g/mol. The highest BCUT2D eigenvalue weighted by atomic mass is 19.1. The van der Waals surface area contributed by atoms with Gasteiger partial charge < -0.3 is 14.9 Å². The van der Waals surface area contributed by atoms with Gasteiger partial charge in [0.2, 0.25) is 0 Å². The molecule has 0 saturated carbocycles. The van der Waals surface area contributed by atoms with E-state index in [0.29, 0.717) is 55.7 Å². The topological polar surface area (TPSA) is 114 Å². The van der Waals surface area contributed by atoms with E-state index in [4.69, 9.17) is 0 Å². The molecule has 2 aliphatic rings. The zero-order valence-corrected chi connectivity index (χ0v) is 20.4. The van der Waals surface area contributed by atoms with Crippen LogP contribution in [0.15, 0.2) is 47.8 Å². The number of hydrogen-bond donors (Lipinski definition) is 1. The number of likely N-dealkylation sites (tertiary alicyclic amines) is 1. The average Bonchev–Trinajstić information content (AvgIpc) is 3.50. The molecular weight excluding hydrogens is 479 g/mol. The number of benzene rings is 1. The third-order valence-electron chi connectivity index (χ3n) is 7.47. The summed E-state index contributed by atoms with van der Waals surface area (Å²) in [7, 11) is 1.88. The monoisotopic (exact) mass is 506 g/mol. The van der Waals surface area contributed by atoms with Crippen molar-refractivity contribution < 1.29 is 14.3 Å². The molecule has 12 heteroatoms. The van der Waals surface area contributed by atoms with Crippen molar-refractivity contribution in [3.8, 4) is 5.69 Å². The quantitative estimate of drug-likeness (QED) is 0.450. The van der Waals surface area contributed by atoms with Gasteiger partial charge in [-0.1, -0.05) is 0 Å². The Hall–Kier alpha value is -4.06. The van der Waals surface area contributed by atoms with Crippen LogP contribution in [0.25, 0.3) is 16.7 Å². The van der Waals surface area contributed by atoms with Gasteiger partial charge in [-0.3, -0.25) is 14.0 Å². The summed E-state index contributed by atoms with van der Waals surface area (Å²) < 4.78 is 18.0. The van der Waals surface area contributed by atoms with Crippen molar-refractivity contribution in [3.63, 3.8) is 0 Å². The van der Waals surface area contributed by atoms with Crippen LogP contribution < -0.4 is 5.56 Å². The van der Waals surface area contributed by atoms with Gasteiger partial charge in [-0.05, 0) is 49.1 Å². The highest BCUT2D eigenvalue weighted by Gasteiger charge is 2.37. The van der Waals surface area contributed by atoms with Gasteiger partial charge in [-0.2, -0.15) is 10.2 Å². The van der Waals surface area contributed by atoms with Crippen molar-refractivity contribution in [2.45, 2.75) is 38.0 Å². The van der Waals surface area contributed by atoms with E-state index in [2.05, 4.69) is 15.2 Å². The molecule has 1 aromatic carbocycles. The summed E-state index contributed by atoms with van der Waals surface area (Å²) in [5.74, 6) is -0.366. The number of aliphatic hydroxyl groups is 1. The van der Waals surface area contributed by atoms with Gasteiger partial charge >= 0.3 is 6.03 Å². The van der Waals surface area contributed by atoms with Crippen LogP contribution in [0, 0.1) is 5.82 Å². The van der Waals surface area contributed by atoms with E-state index in [1.165, 1.54) is 39.5 Å². The van der Waals surface area contributed by atoms with Gasteiger partial charge in [0.1, 0.15) is 17.5 Å². The molecule has 1 saturated heterocycles. The predicted octanol–water partition coefficient (Wildman–Crippen LogP) is 1.46. The van der Waals surface area contributed by atoms with E-state index in [1.54, 1.807) is 17.0 Å². The molecule has 11 nitrogen and oxygen atoms in total. The Balaban J connectivity index is 1.14. The SMILES string of the molecule is Cn1ncc2c1CN(C(=O)N1CCC(O)(Cn3cnc4c(cnn4-c4ccc(F)cc4)c3=O)CC1)CC2. The molecule has 37 heavy (non-hydrogen) atoms. The number of amides is 2. The predicted molar refractivity (Wildman–Crippen MR) is 132 cm³/mol. The fourth-order valence-electron chi connectivity index (χ4n) is 5.22. The van der Waals surface area contributed by atoms with E-state index < -0.39 is 5.60 Å². The van der Waals surface area contributed by atoms with Crippen LogP contribution in [-0.4, -0.2) is 75.3 Å². The molecule has 5 heterocycles. The molecule has 4 aromatic rings. The summed E-state index contributed by atoms with van der Waals surface area (Å²) in [5, 5.41) is 20.1. The number of nitrogens with zero attached hydrogens (tertiary/aromatic N) is 8. The normalized spacial score (nSPS) is 17.3. The zero-order valence-electron chi connectivity index (χ0n) is 20.4. The van der Waals surface area contributed by atoms with Gasteiger partial charge in [0.15, 0.2) is 5.65 Å². The summed E-state index contributed by atoms with van der Waals surface area (Å²) in [5.41, 5.74) is 1.73. The number of fused-ring (bicyclic) bond motifs is 2. The number of piperidine rings is 1.